The van der Waals surface area contributed by atoms with Crippen LogP contribution in [0, 0.1) is 5.82 Å². The normalized spacial score (nSPS) is 21.9. The van der Waals surface area contributed by atoms with Gasteiger partial charge in [-0.3, -0.25) is 23.9 Å². The smallest absolute Gasteiger partial charge is 0.330 e. The van der Waals surface area contributed by atoms with E-state index < -0.39 is 53.3 Å². The number of H-pyrrole nitrogens is 1. The minimum Gasteiger partial charge on any atom is -0.387 e. The Hall–Kier alpha value is -3.93. The van der Waals surface area contributed by atoms with Crippen LogP contribution in [0.15, 0.2) is 70.4 Å². The summed E-state index contributed by atoms with van der Waals surface area (Å²) in [5.41, 5.74) is -1.11. The molecule has 3 aromatic rings. The third-order valence-corrected chi connectivity index (χ3v) is 5.45. The van der Waals surface area contributed by atoms with Gasteiger partial charge in [0.2, 0.25) is 0 Å². The molecular weight excluding hydrogens is 449 g/mol. The van der Waals surface area contributed by atoms with Gasteiger partial charge in [0, 0.05) is 29.9 Å². The summed E-state index contributed by atoms with van der Waals surface area (Å²) in [4.78, 5) is 50.9. The average molecular weight is 469 g/mol. The van der Waals surface area contributed by atoms with Crippen molar-refractivity contribution in [2.75, 3.05) is 6.54 Å². The SMILES string of the molecule is O=C(NC[C@H]1O[C@@H](n2ccc(=O)[nH]c2=O)[C@@H](O)[C@@H]1O)c1ccccc1C(=O)c1ccc(F)cc1. The van der Waals surface area contributed by atoms with Crippen molar-refractivity contribution in [3.8, 4) is 0 Å². The minimum absolute atomic E-state index is 0.0539. The van der Waals surface area contributed by atoms with E-state index in [1.165, 1.54) is 24.3 Å². The molecule has 10 nitrogen and oxygen atoms in total. The van der Waals surface area contributed by atoms with E-state index in [1.807, 2.05) is 4.98 Å². The number of rotatable bonds is 6. The van der Waals surface area contributed by atoms with E-state index in [1.54, 1.807) is 12.1 Å². The summed E-state index contributed by atoms with van der Waals surface area (Å²) in [5, 5.41) is 23.2. The van der Waals surface area contributed by atoms with Crippen LogP contribution >= 0.6 is 0 Å². The number of nitrogens with zero attached hydrogens (tertiary/aromatic N) is 1. The Kier molecular flexibility index (Phi) is 6.50. The third kappa shape index (κ3) is 4.57. The highest BCUT2D eigenvalue weighted by Crippen LogP contribution is 2.28. The van der Waals surface area contributed by atoms with Gasteiger partial charge < -0.3 is 20.3 Å². The zero-order chi connectivity index (χ0) is 24.4. The van der Waals surface area contributed by atoms with Crippen molar-refractivity contribution < 1.29 is 28.9 Å². The number of aromatic amines is 1. The van der Waals surface area contributed by atoms with Crippen molar-refractivity contribution in [2.45, 2.75) is 24.5 Å². The van der Waals surface area contributed by atoms with Crippen molar-refractivity contribution in [2.24, 2.45) is 0 Å². The number of carbonyl (C=O) groups excluding carboxylic acids is 2. The number of aliphatic hydroxyl groups excluding tert-OH is 2. The Bertz CT molecular complexity index is 1340. The fraction of sp³-hybridized carbons (Fsp3) is 0.217. The molecule has 2 heterocycles. The number of benzene rings is 2. The van der Waals surface area contributed by atoms with Gasteiger partial charge in [-0.15, -0.1) is 0 Å². The Morgan fingerprint density at radius 3 is 2.35 bits per heavy atom. The lowest BCUT2D eigenvalue weighted by Crippen LogP contribution is -2.40. The van der Waals surface area contributed by atoms with Gasteiger partial charge in [-0.25, -0.2) is 9.18 Å². The Labute approximate surface area is 191 Å². The summed E-state index contributed by atoms with van der Waals surface area (Å²) in [7, 11) is 0. The van der Waals surface area contributed by atoms with Crippen LogP contribution in [0.25, 0.3) is 0 Å². The maximum atomic E-state index is 13.2. The molecular formula is C23H20FN3O7. The molecule has 34 heavy (non-hydrogen) atoms. The number of amides is 1. The molecule has 0 spiro atoms. The topological polar surface area (TPSA) is 151 Å². The fourth-order valence-corrected chi connectivity index (χ4v) is 3.68. The van der Waals surface area contributed by atoms with Gasteiger partial charge in [-0.2, -0.15) is 0 Å². The minimum atomic E-state index is -1.50. The van der Waals surface area contributed by atoms with Crippen LogP contribution < -0.4 is 16.6 Å². The first-order chi connectivity index (χ1) is 16.3. The van der Waals surface area contributed by atoms with Gasteiger partial charge in [-0.1, -0.05) is 18.2 Å². The molecule has 0 saturated carbocycles. The summed E-state index contributed by atoms with van der Waals surface area (Å²) in [6, 6.07) is 12.0. The molecule has 1 amide bonds. The second kappa shape index (κ2) is 9.51. The first-order valence-electron chi connectivity index (χ1n) is 10.3. The lowest BCUT2D eigenvalue weighted by Gasteiger charge is -2.17. The van der Waals surface area contributed by atoms with Crippen LogP contribution in [0.3, 0.4) is 0 Å². The predicted octanol–water partition coefficient (Wildman–Crippen LogP) is -0.0441. The lowest BCUT2D eigenvalue weighted by molar-refractivity contribution is -0.0387. The van der Waals surface area contributed by atoms with Crippen molar-refractivity contribution in [1.29, 1.82) is 0 Å². The number of ketones is 1. The molecule has 1 aromatic heterocycles. The highest BCUT2D eigenvalue weighted by Gasteiger charge is 2.44. The number of aromatic nitrogens is 2. The summed E-state index contributed by atoms with van der Waals surface area (Å²) in [6.07, 6.45) is -4.19. The fourth-order valence-electron chi connectivity index (χ4n) is 3.68. The van der Waals surface area contributed by atoms with E-state index in [-0.39, 0.29) is 23.2 Å². The summed E-state index contributed by atoms with van der Waals surface area (Å²) < 4.78 is 19.7. The van der Waals surface area contributed by atoms with E-state index in [2.05, 4.69) is 5.32 Å². The van der Waals surface area contributed by atoms with Gasteiger partial charge in [0.1, 0.15) is 24.1 Å². The molecule has 4 atom stereocenters. The van der Waals surface area contributed by atoms with Crippen molar-refractivity contribution in [3.63, 3.8) is 0 Å². The lowest BCUT2D eigenvalue weighted by atomic mass is 9.98. The van der Waals surface area contributed by atoms with Crippen LogP contribution in [0.1, 0.15) is 32.5 Å². The zero-order valence-electron chi connectivity index (χ0n) is 17.6. The molecule has 1 saturated heterocycles. The molecule has 0 aliphatic carbocycles. The Morgan fingerprint density at radius 1 is 1.00 bits per heavy atom. The molecule has 4 N–H and O–H groups in total. The molecule has 0 bridgehead atoms. The highest BCUT2D eigenvalue weighted by molar-refractivity contribution is 6.15. The van der Waals surface area contributed by atoms with Crippen molar-refractivity contribution in [3.05, 3.63) is 104 Å². The second-order valence-corrected chi connectivity index (χ2v) is 7.66. The molecule has 11 heteroatoms. The van der Waals surface area contributed by atoms with Crippen LogP contribution in [0.5, 0.6) is 0 Å². The number of ether oxygens (including phenoxy) is 1. The number of carbonyl (C=O) groups is 2. The molecule has 1 fully saturated rings. The predicted molar refractivity (Wildman–Crippen MR) is 116 cm³/mol. The summed E-state index contributed by atoms with van der Waals surface area (Å²) in [6.45, 7) is -0.245. The molecule has 0 radical (unpaired) electrons. The number of hydrogen-bond donors (Lipinski definition) is 4. The van der Waals surface area contributed by atoms with Crippen molar-refractivity contribution >= 4 is 11.7 Å². The number of aliphatic hydroxyl groups is 2. The van der Waals surface area contributed by atoms with E-state index in [0.29, 0.717) is 0 Å². The van der Waals surface area contributed by atoms with Gasteiger partial charge in [0.05, 0.1) is 5.56 Å². The monoisotopic (exact) mass is 469 g/mol. The summed E-state index contributed by atoms with van der Waals surface area (Å²) in [5.74, 6) is -1.61. The number of nitrogens with one attached hydrogen (secondary N) is 2. The van der Waals surface area contributed by atoms with E-state index in [4.69, 9.17) is 4.74 Å². The maximum absolute atomic E-state index is 13.2. The third-order valence-electron chi connectivity index (χ3n) is 5.45. The maximum Gasteiger partial charge on any atom is 0.330 e. The standard InChI is InChI=1S/C23H20FN3O7/c24-13-7-5-12(6-8-13)18(29)14-3-1-2-4-15(14)21(32)25-11-16-19(30)20(31)22(34-16)27-10-9-17(28)26-23(27)33/h1-10,16,19-20,22,30-31H,11H2,(H,25,32)(H,26,28,33)/t16-,19-,20+,22-/m1/s1. The van der Waals surface area contributed by atoms with Gasteiger partial charge in [0.25, 0.3) is 11.5 Å². The quantitative estimate of drug-likeness (QED) is 0.370. The zero-order valence-corrected chi connectivity index (χ0v) is 17.6. The first kappa shape index (κ1) is 23.2. The molecule has 176 valence electrons. The van der Waals surface area contributed by atoms with E-state index >= 15 is 0 Å². The van der Waals surface area contributed by atoms with Crippen LogP contribution in [0.2, 0.25) is 0 Å². The van der Waals surface area contributed by atoms with Crippen LogP contribution in [-0.4, -0.2) is 56.3 Å². The van der Waals surface area contributed by atoms with Gasteiger partial charge >= 0.3 is 5.69 Å². The molecule has 0 unspecified atom stereocenters. The van der Waals surface area contributed by atoms with Crippen LogP contribution in [-0.2, 0) is 4.74 Å². The number of hydrogen-bond acceptors (Lipinski definition) is 7. The van der Waals surface area contributed by atoms with E-state index in [0.717, 1.165) is 29.0 Å². The molecule has 1 aliphatic rings. The molecule has 1 aliphatic heterocycles. The largest absolute Gasteiger partial charge is 0.387 e. The highest BCUT2D eigenvalue weighted by atomic mass is 19.1. The Morgan fingerprint density at radius 2 is 1.68 bits per heavy atom. The molecule has 2 aromatic carbocycles. The van der Waals surface area contributed by atoms with Gasteiger partial charge in [-0.05, 0) is 30.3 Å². The Balaban J connectivity index is 1.48. The second-order valence-electron chi connectivity index (χ2n) is 7.66. The summed E-state index contributed by atoms with van der Waals surface area (Å²) >= 11 is 0. The van der Waals surface area contributed by atoms with E-state index in [9.17, 15) is 33.8 Å². The average Bonchev–Trinajstić information content (AvgIpc) is 3.11. The first-order valence-corrected chi connectivity index (χ1v) is 10.3. The van der Waals surface area contributed by atoms with Crippen molar-refractivity contribution in [1.82, 2.24) is 14.9 Å². The van der Waals surface area contributed by atoms with Gasteiger partial charge in [0.15, 0.2) is 12.0 Å². The molecule has 4 rings (SSSR count). The number of halogens is 1. The van der Waals surface area contributed by atoms with Crippen LogP contribution in [0.4, 0.5) is 4.39 Å².